The second kappa shape index (κ2) is 28.0. The zero-order chi connectivity index (χ0) is 11.7. The van der Waals surface area contributed by atoms with Crippen LogP contribution in [-0.4, -0.2) is 56.1 Å². The van der Waals surface area contributed by atoms with Crippen LogP contribution in [0.5, 0.6) is 0 Å². The topological polar surface area (TPSA) is 141 Å². The number of alkyl halides is 3. The fourth-order valence-corrected chi connectivity index (χ4v) is 0. The van der Waals surface area contributed by atoms with Crippen molar-refractivity contribution in [2.24, 2.45) is 0 Å². The molecule has 0 aliphatic heterocycles. The fourth-order valence-electron chi connectivity index (χ4n) is 0. The Labute approximate surface area is 199 Å². The molecular weight excluding hydrogens is 368 g/mol. The standard InChI is InChI=1S/CHCl3.CH2O3.Mg.3Na.H2O4S.2H/c2*2-1(3)4;;;;;1-5(2,3)4;;/h1H;(H2,2,3,4);;;;;(H2,1,2,3,4);;/q;;+2;3*+1;;2*-1/p-3. The van der Waals surface area contributed by atoms with E-state index >= 15 is 0 Å². The van der Waals surface area contributed by atoms with Crippen LogP contribution in [0.3, 0.4) is 0 Å². The maximum Gasteiger partial charge on any atom is 2.00 e. The third kappa shape index (κ3) is 438. The van der Waals surface area contributed by atoms with E-state index in [1.807, 2.05) is 0 Å². The molecule has 7 nitrogen and oxygen atoms in total. The van der Waals surface area contributed by atoms with Crippen molar-refractivity contribution in [2.45, 2.75) is 4.30 Å². The van der Waals surface area contributed by atoms with Gasteiger partial charge in [-0.05, 0) is 0 Å². The average molecular weight is 372 g/mol. The van der Waals surface area contributed by atoms with Crippen LogP contribution in [0.15, 0.2) is 0 Å². The Balaban J connectivity index is -0.00000000980. The van der Waals surface area contributed by atoms with Gasteiger partial charge in [0.1, 0.15) is 0 Å². The van der Waals surface area contributed by atoms with Crippen molar-refractivity contribution >= 4 is 74.4 Å². The van der Waals surface area contributed by atoms with E-state index in [-0.39, 0.29) is 115 Å². The fraction of sp³-hybridized carbons (Fsp3) is 0.500. The van der Waals surface area contributed by atoms with E-state index in [0.717, 1.165) is 0 Å². The van der Waals surface area contributed by atoms with Crippen LogP contribution in [0.25, 0.3) is 0 Å². The molecule has 0 radical (unpaired) electrons. The zero-order valence-electron chi connectivity index (χ0n) is 11.2. The van der Waals surface area contributed by atoms with E-state index in [1.54, 1.807) is 0 Å². The molecule has 0 aromatic carbocycles. The number of hydrogen-bond acceptors (Lipinski definition) is 6. The SMILES string of the molecule is ClC(Cl)Cl.O=C([O-])O.O=S(=O)([O-])[O-].[H-].[H-].[Mg+2].[Na+].[Na+].[Na+]. The quantitative estimate of drug-likeness (QED) is 0.193. The van der Waals surface area contributed by atoms with E-state index in [9.17, 15) is 0 Å². The first-order valence-electron chi connectivity index (χ1n) is 1.95. The monoisotopic (exact) mass is 370 g/mol. The second-order valence-electron chi connectivity index (χ2n) is 0.922. The molecule has 0 bridgehead atoms. The Kier molecular flexibility index (Phi) is 70.6. The van der Waals surface area contributed by atoms with E-state index in [2.05, 4.69) is 0 Å². The molecule has 0 rings (SSSR count). The minimum absolute atomic E-state index is 0. The number of rotatable bonds is 0. The van der Waals surface area contributed by atoms with Gasteiger partial charge in [0.05, 0.1) is 0 Å². The Bertz CT molecular complexity index is 221. The van der Waals surface area contributed by atoms with Crippen LogP contribution in [0, 0.1) is 0 Å². The second-order valence-corrected chi connectivity index (χ2v) is 3.72. The molecule has 1 N–H and O–H groups in total. The summed E-state index contributed by atoms with van der Waals surface area (Å²) in [4.78, 5) is 8.44. The van der Waals surface area contributed by atoms with Crippen molar-refractivity contribution < 1.29 is 124 Å². The molecule has 0 aromatic heterocycles. The van der Waals surface area contributed by atoms with Gasteiger partial charge in [-0.2, -0.15) is 0 Å². The van der Waals surface area contributed by atoms with Crippen LogP contribution in [0.4, 0.5) is 4.79 Å². The molecule has 17 heavy (non-hydrogen) atoms. The van der Waals surface area contributed by atoms with Crippen LogP contribution >= 0.6 is 34.8 Å². The molecule has 86 valence electrons. The van der Waals surface area contributed by atoms with Crippen LogP contribution in [-0.2, 0) is 10.4 Å². The summed E-state index contributed by atoms with van der Waals surface area (Å²) < 4.78 is 33.3. The summed E-state index contributed by atoms with van der Waals surface area (Å²) in [5, 5.41) is 15.3. The zero-order valence-corrected chi connectivity index (χ0v) is 19.7. The van der Waals surface area contributed by atoms with E-state index in [1.165, 1.54) is 0 Å². The van der Waals surface area contributed by atoms with E-state index in [4.69, 9.17) is 67.3 Å². The molecule has 0 unspecified atom stereocenters. The molecule has 0 aromatic rings. The molecule has 0 saturated heterocycles. The molecule has 0 atom stereocenters. The molecule has 0 heterocycles. The van der Waals surface area contributed by atoms with Crippen molar-refractivity contribution in [1.29, 1.82) is 0 Å². The summed E-state index contributed by atoms with van der Waals surface area (Å²) in [7, 11) is -5.17. The van der Waals surface area contributed by atoms with Gasteiger partial charge in [0, 0.05) is 10.4 Å². The molecule has 15 heteroatoms. The molecular formula is C2H4Cl3MgNa3O7S. The van der Waals surface area contributed by atoms with Crippen LogP contribution in [0.1, 0.15) is 2.85 Å². The summed E-state index contributed by atoms with van der Waals surface area (Å²) in [5.74, 6) is 0. The third-order valence-corrected chi connectivity index (χ3v) is 0. The van der Waals surface area contributed by atoms with Gasteiger partial charge < -0.3 is 27.0 Å². The number of hydrogen-bond donors (Lipinski definition) is 1. The maximum absolute atomic E-state index is 8.52. The number of carbonyl (C=O) groups is 1. The smallest absolute Gasteiger partial charge is 1.00 e. The van der Waals surface area contributed by atoms with Gasteiger partial charge in [-0.15, -0.1) is 0 Å². The largest absolute Gasteiger partial charge is 2.00 e. The van der Waals surface area contributed by atoms with Crippen molar-refractivity contribution in [1.82, 2.24) is 0 Å². The van der Waals surface area contributed by atoms with Gasteiger partial charge in [0.25, 0.3) is 0 Å². The molecule has 0 saturated carbocycles. The van der Waals surface area contributed by atoms with Gasteiger partial charge in [-0.1, -0.05) is 34.8 Å². The first-order chi connectivity index (χ1) is 5.46. The van der Waals surface area contributed by atoms with E-state index < -0.39 is 20.8 Å². The summed E-state index contributed by atoms with van der Waals surface area (Å²) >= 11 is 14.4. The Morgan fingerprint density at radius 2 is 1.12 bits per heavy atom. The molecule has 0 amide bonds. The summed E-state index contributed by atoms with van der Waals surface area (Å²) in [6, 6.07) is 0. The van der Waals surface area contributed by atoms with Gasteiger partial charge in [0.2, 0.25) is 6.16 Å². The van der Waals surface area contributed by atoms with Gasteiger partial charge >= 0.3 is 112 Å². The average Bonchev–Trinajstić information content (AvgIpc) is 1.50. The predicted octanol–water partition coefficient (Wildman–Crippen LogP) is -9.61. The predicted molar refractivity (Wildman–Crippen MR) is 47.8 cm³/mol. The number of halogens is 3. The Morgan fingerprint density at radius 3 is 1.12 bits per heavy atom. The van der Waals surface area contributed by atoms with E-state index in [0.29, 0.717) is 0 Å². The van der Waals surface area contributed by atoms with Crippen molar-refractivity contribution in [3.05, 3.63) is 0 Å². The van der Waals surface area contributed by atoms with Gasteiger partial charge in [0.15, 0.2) is 4.30 Å². The molecule has 0 spiro atoms. The number of carboxylic acid groups (broad SMARTS) is 2. The van der Waals surface area contributed by atoms with Crippen molar-refractivity contribution in [3.63, 3.8) is 0 Å². The van der Waals surface area contributed by atoms with Gasteiger partial charge in [-0.3, -0.25) is 8.42 Å². The first-order valence-corrected chi connectivity index (χ1v) is 4.60. The van der Waals surface area contributed by atoms with Crippen LogP contribution < -0.4 is 93.8 Å². The molecule has 0 fully saturated rings. The normalized spacial score (nSPS) is 6.94. The minimum atomic E-state index is -5.17. The summed E-state index contributed by atoms with van der Waals surface area (Å²) in [5.41, 5.74) is 0. The first kappa shape index (κ1) is 42.8. The Morgan fingerprint density at radius 1 is 1.12 bits per heavy atom. The molecule has 0 aliphatic carbocycles. The minimum Gasteiger partial charge on any atom is -1.00 e. The third-order valence-electron chi connectivity index (χ3n) is 0. The summed E-state index contributed by atoms with van der Waals surface area (Å²) in [6.07, 6.45) is -2.08. The van der Waals surface area contributed by atoms with Crippen molar-refractivity contribution in [2.75, 3.05) is 0 Å². The van der Waals surface area contributed by atoms with Gasteiger partial charge in [-0.25, -0.2) is 0 Å². The Hall–Kier alpha value is 3.78. The van der Waals surface area contributed by atoms with Crippen molar-refractivity contribution in [3.8, 4) is 0 Å². The molecule has 0 aliphatic rings. The van der Waals surface area contributed by atoms with Crippen LogP contribution in [0.2, 0.25) is 0 Å². The summed E-state index contributed by atoms with van der Waals surface area (Å²) in [6.45, 7) is 0. The maximum atomic E-state index is 8.52.